The van der Waals surface area contributed by atoms with Crippen LogP contribution in [-0.4, -0.2) is 13.0 Å². The third-order valence-electron chi connectivity index (χ3n) is 3.12. The van der Waals surface area contributed by atoms with Crippen LogP contribution in [0.5, 0.6) is 5.75 Å². The molecule has 0 atom stereocenters. The van der Waals surface area contributed by atoms with E-state index in [2.05, 4.69) is 19.2 Å². The largest absolute Gasteiger partial charge is 0.496 e. The quantitative estimate of drug-likeness (QED) is 0.909. The Hall–Kier alpha value is -2.23. The van der Waals surface area contributed by atoms with Gasteiger partial charge in [0.15, 0.2) is 0 Å². The Morgan fingerprint density at radius 3 is 2.75 bits per heavy atom. The van der Waals surface area contributed by atoms with E-state index in [-0.39, 0.29) is 5.91 Å². The smallest absolute Gasteiger partial charge is 0.251 e. The zero-order chi connectivity index (χ0) is 14.5. The van der Waals surface area contributed by atoms with Crippen LogP contribution in [0.4, 0.5) is 0 Å². The molecule has 0 aliphatic carbocycles. The lowest BCUT2D eigenvalue weighted by Crippen LogP contribution is -2.22. The maximum Gasteiger partial charge on any atom is 0.251 e. The molecule has 1 aromatic carbocycles. The molecule has 20 heavy (non-hydrogen) atoms. The molecule has 0 unspecified atom stereocenters. The minimum Gasteiger partial charge on any atom is -0.496 e. The highest BCUT2D eigenvalue weighted by atomic mass is 16.5. The molecule has 4 nitrogen and oxygen atoms in total. The summed E-state index contributed by atoms with van der Waals surface area (Å²) in [6.07, 6.45) is 1.59. The summed E-state index contributed by atoms with van der Waals surface area (Å²) in [7, 11) is 1.64. The van der Waals surface area contributed by atoms with E-state index in [1.807, 2.05) is 18.2 Å². The molecule has 0 aliphatic heterocycles. The number of methoxy groups -OCH3 is 1. The van der Waals surface area contributed by atoms with Gasteiger partial charge in [-0.05, 0) is 41.8 Å². The predicted octanol–water partition coefficient (Wildman–Crippen LogP) is 3.34. The highest BCUT2D eigenvalue weighted by Gasteiger charge is 2.12. The Balaban J connectivity index is 2.11. The summed E-state index contributed by atoms with van der Waals surface area (Å²) in [5.41, 5.74) is 1.65. The highest BCUT2D eigenvalue weighted by Crippen LogP contribution is 2.27. The second kappa shape index (κ2) is 6.28. The molecule has 1 N–H and O–H groups in total. The molecule has 0 saturated heterocycles. The van der Waals surface area contributed by atoms with Crippen molar-refractivity contribution in [3.63, 3.8) is 0 Å². The Labute approximate surface area is 118 Å². The monoisotopic (exact) mass is 273 g/mol. The lowest BCUT2D eigenvalue weighted by molar-refractivity contribution is 0.0948. The zero-order valence-corrected chi connectivity index (χ0v) is 12.0. The number of carbonyl (C=O) groups is 1. The van der Waals surface area contributed by atoms with Crippen molar-refractivity contribution in [1.82, 2.24) is 5.32 Å². The molecule has 2 aromatic rings. The summed E-state index contributed by atoms with van der Waals surface area (Å²) in [5, 5.41) is 2.83. The second-order valence-electron chi connectivity index (χ2n) is 4.87. The molecule has 1 amide bonds. The van der Waals surface area contributed by atoms with Crippen LogP contribution in [0.3, 0.4) is 0 Å². The summed E-state index contributed by atoms with van der Waals surface area (Å²) in [6, 6.07) is 9.10. The van der Waals surface area contributed by atoms with Gasteiger partial charge in [-0.25, -0.2) is 0 Å². The maximum absolute atomic E-state index is 12.1. The van der Waals surface area contributed by atoms with Gasteiger partial charge in [-0.2, -0.15) is 0 Å². The van der Waals surface area contributed by atoms with E-state index < -0.39 is 0 Å². The Bertz CT molecular complexity index is 573. The van der Waals surface area contributed by atoms with E-state index >= 15 is 0 Å². The molecule has 0 spiro atoms. The molecule has 4 heteroatoms. The van der Waals surface area contributed by atoms with Gasteiger partial charge in [-0.3, -0.25) is 4.79 Å². The molecule has 2 rings (SSSR count). The number of hydrogen-bond acceptors (Lipinski definition) is 3. The highest BCUT2D eigenvalue weighted by molar-refractivity contribution is 5.94. The van der Waals surface area contributed by atoms with Crippen molar-refractivity contribution in [2.75, 3.05) is 7.11 Å². The van der Waals surface area contributed by atoms with Gasteiger partial charge < -0.3 is 14.5 Å². The summed E-state index contributed by atoms with van der Waals surface area (Å²) in [5.74, 6) is 1.72. The summed E-state index contributed by atoms with van der Waals surface area (Å²) in [4.78, 5) is 12.1. The topological polar surface area (TPSA) is 51.5 Å². The first-order valence-electron chi connectivity index (χ1n) is 6.60. The first kappa shape index (κ1) is 14.2. The van der Waals surface area contributed by atoms with Crippen LogP contribution >= 0.6 is 0 Å². The third kappa shape index (κ3) is 3.20. The Morgan fingerprint density at radius 1 is 1.35 bits per heavy atom. The standard InChI is InChI=1S/C16H19NO3/c1-11(2)14-9-12(6-7-15(14)19-3)16(18)17-10-13-5-4-8-20-13/h4-9,11H,10H2,1-3H3,(H,17,18). The fraction of sp³-hybridized carbons (Fsp3) is 0.312. The number of ether oxygens (including phenoxy) is 1. The average molecular weight is 273 g/mol. The summed E-state index contributed by atoms with van der Waals surface area (Å²) >= 11 is 0. The maximum atomic E-state index is 12.1. The lowest BCUT2D eigenvalue weighted by atomic mass is 9.99. The molecule has 1 heterocycles. The van der Waals surface area contributed by atoms with E-state index in [0.717, 1.165) is 17.1 Å². The third-order valence-corrected chi connectivity index (χ3v) is 3.12. The molecular weight excluding hydrogens is 254 g/mol. The van der Waals surface area contributed by atoms with Crippen LogP contribution in [0.1, 0.15) is 41.4 Å². The molecule has 0 radical (unpaired) electrons. The number of nitrogens with one attached hydrogen (secondary N) is 1. The van der Waals surface area contributed by atoms with Crippen LogP contribution in [0.15, 0.2) is 41.0 Å². The van der Waals surface area contributed by atoms with E-state index in [0.29, 0.717) is 18.0 Å². The number of carbonyl (C=O) groups excluding carboxylic acids is 1. The molecule has 0 fully saturated rings. The van der Waals surface area contributed by atoms with Crippen molar-refractivity contribution in [3.05, 3.63) is 53.5 Å². The SMILES string of the molecule is COc1ccc(C(=O)NCc2ccco2)cc1C(C)C. The van der Waals surface area contributed by atoms with Crippen molar-refractivity contribution in [1.29, 1.82) is 0 Å². The number of amides is 1. The molecule has 106 valence electrons. The first-order valence-corrected chi connectivity index (χ1v) is 6.60. The minimum absolute atomic E-state index is 0.119. The summed E-state index contributed by atoms with van der Waals surface area (Å²) in [6.45, 7) is 4.53. The van der Waals surface area contributed by atoms with E-state index in [1.54, 1.807) is 25.5 Å². The van der Waals surface area contributed by atoms with E-state index in [1.165, 1.54) is 0 Å². The van der Waals surface area contributed by atoms with Gasteiger partial charge in [0.25, 0.3) is 5.91 Å². The Morgan fingerprint density at radius 2 is 2.15 bits per heavy atom. The normalized spacial score (nSPS) is 10.6. The van der Waals surface area contributed by atoms with E-state index in [9.17, 15) is 4.79 Å². The average Bonchev–Trinajstić information content (AvgIpc) is 2.97. The fourth-order valence-corrected chi connectivity index (χ4v) is 2.01. The molecule has 0 aliphatic rings. The molecule has 0 saturated carbocycles. The Kier molecular flexibility index (Phi) is 4.45. The number of benzene rings is 1. The van der Waals surface area contributed by atoms with Crippen LogP contribution in [0.2, 0.25) is 0 Å². The van der Waals surface area contributed by atoms with E-state index in [4.69, 9.17) is 9.15 Å². The fourth-order valence-electron chi connectivity index (χ4n) is 2.01. The predicted molar refractivity (Wildman–Crippen MR) is 77.0 cm³/mol. The minimum atomic E-state index is -0.119. The molecular formula is C16H19NO3. The van der Waals surface area contributed by atoms with Crippen molar-refractivity contribution in [3.8, 4) is 5.75 Å². The van der Waals surface area contributed by atoms with Crippen molar-refractivity contribution < 1.29 is 13.9 Å². The second-order valence-corrected chi connectivity index (χ2v) is 4.87. The molecule has 1 aromatic heterocycles. The lowest BCUT2D eigenvalue weighted by Gasteiger charge is -2.13. The van der Waals surface area contributed by atoms with Crippen LogP contribution in [0, 0.1) is 0 Å². The van der Waals surface area contributed by atoms with Gasteiger partial charge in [0.05, 0.1) is 19.9 Å². The van der Waals surface area contributed by atoms with Crippen LogP contribution < -0.4 is 10.1 Å². The number of hydrogen-bond donors (Lipinski definition) is 1. The number of rotatable bonds is 5. The van der Waals surface area contributed by atoms with Crippen molar-refractivity contribution in [2.24, 2.45) is 0 Å². The number of furan rings is 1. The summed E-state index contributed by atoms with van der Waals surface area (Å²) < 4.78 is 10.5. The van der Waals surface area contributed by atoms with Crippen LogP contribution in [-0.2, 0) is 6.54 Å². The van der Waals surface area contributed by atoms with Gasteiger partial charge >= 0.3 is 0 Å². The van der Waals surface area contributed by atoms with Gasteiger partial charge in [0, 0.05) is 5.56 Å². The van der Waals surface area contributed by atoms with Crippen LogP contribution in [0.25, 0.3) is 0 Å². The zero-order valence-electron chi connectivity index (χ0n) is 12.0. The van der Waals surface area contributed by atoms with Gasteiger partial charge in [0.1, 0.15) is 11.5 Å². The molecule has 0 bridgehead atoms. The van der Waals surface area contributed by atoms with Gasteiger partial charge in [-0.15, -0.1) is 0 Å². The first-order chi connectivity index (χ1) is 9.61. The van der Waals surface area contributed by atoms with Gasteiger partial charge in [0.2, 0.25) is 0 Å². The van der Waals surface area contributed by atoms with Crippen molar-refractivity contribution in [2.45, 2.75) is 26.3 Å². The van der Waals surface area contributed by atoms with Crippen molar-refractivity contribution >= 4 is 5.91 Å². The van der Waals surface area contributed by atoms with Gasteiger partial charge in [-0.1, -0.05) is 13.8 Å².